The van der Waals surface area contributed by atoms with Gasteiger partial charge in [-0.3, -0.25) is 0 Å². The Kier molecular flexibility index (Phi) is 4.03. The molecule has 1 heterocycles. The maximum Gasteiger partial charge on any atom is 0.379 e. The summed E-state index contributed by atoms with van der Waals surface area (Å²) in [6, 6.07) is 7.51. The van der Waals surface area contributed by atoms with E-state index in [1.54, 1.807) is 6.07 Å². The lowest BCUT2D eigenvalue weighted by Gasteiger charge is -2.09. The number of hydrogen-bond acceptors (Lipinski definition) is 3. The minimum Gasteiger partial charge on any atom is -0.486 e. The largest absolute Gasteiger partial charge is 0.486 e. The lowest BCUT2D eigenvalue weighted by atomic mass is 10.1. The molecule has 0 N–H and O–H groups in total. The third-order valence-corrected chi connectivity index (χ3v) is 3.01. The highest BCUT2D eigenvalue weighted by atomic mass is 16.5. The SMILES string of the molecule is CCCCCOc1c(C)c2ccccc2oc1=O. The molecule has 96 valence electrons. The van der Waals surface area contributed by atoms with Crippen LogP contribution >= 0.6 is 0 Å². The van der Waals surface area contributed by atoms with E-state index < -0.39 is 0 Å². The zero-order chi connectivity index (χ0) is 13.0. The van der Waals surface area contributed by atoms with Crippen molar-refractivity contribution in [2.75, 3.05) is 6.61 Å². The molecule has 0 bridgehead atoms. The second-order valence-electron chi connectivity index (χ2n) is 4.40. The van der Waals surface area contributed by atoms with Gasteiger partial charge in [-0.15, -0.1) is 0 Å². The fourth-order valence-electron chi connectivity index (χ4n) is 1.98. The molecule has 0 unspecified atom stereocenters. The Morgan fingerprint density at radius 3 is 2.78 bits per heavy atom. The molecule has 0 fully saturated rings. The van der Waals surface area contributed by atoms with Gasteiger partial charge in [-0.2, -0.15) is 0 Å². The summed E-state index contributed by atoms with van der Waals surface area (Å²) in [5.41, 5.74) is 1.09. The second kappa shape index (κ2) is 5.71. The molecule has 3 heteroatoms. The van der Waals surface area contributed by atoms with Gasteiger partial charge >= 0.3 is 5.63 Å². The van der Waals surface area contributed by atoms with Gasteiger partial charge in [0.05, 0.1) is 6.61 Å². The first-order chi connectivity index (χ1) is 8.74. The van der Waals surface area contributed by atoms with Crippen molar-refractivity contribution in [1.82, 2.24) is 0 Å². The number of rotatable bonds is 5. The van der Waals surface area contributed by atoms with Crippen LogP contribution < -0.4 is 10.4 Å². The third kappa shape index (κ3) is 2.55. The van der Waals surface area contributed by atoms with Crippen molar-refractivity contribution in [1.29, 1.82) is 0 Å². The summed E-state index contributed by atoms with van der Waals surface area (Å²) in [4.78, 5) is 11.8. The molecule has 0 radical (unpaired) electrons. The minimum atomic E-state index is -0.386. The van der Waals surface area contributed by atoms with Crippen molar-refractivity contribution >= 4 is 11.0 Å². The number of aryl methyl sites for hydroxylation is 1. The van der Waals surface area contributed by atoms with E-state index in [0.717, 1.165) is 30.2 Å². The van der Waals surface area contributed by atoms with Gasteiger partial charge in [-0.05, 0) is 19.4 Å². The van der Waals surface area contributed by atoms with Gasteiger partial charge in [0, 0.05) is 10.9 Å². The molecular formula is C15H18O3. The first-order valence-corrected chi connectivity index (χ1v) is 6.39. The van der Waals surface area contributed by atoms with Crippen molar-refractivity contribution in [3.63, 3.8) is 0 Å². The third-order valence-electron chi connectivity index (χ3n) is 3.01. The number of ether oxygens (including phenoxy) is 1. The topological polar surface area (TPSA) is 39.4 Å². The lowest BCUT2D eigenvalue weighted by Crippen LogP contribution is -2.10. The van der Waals surface area contributed by atoms with Crippen LogP contribution in [0.3, 0.4) is 0 Å². The molecule has 3 nitrogen and oxygen atoms in total. The highest BCUT2D eigenvalue weighted by Gasteiger charge is 2.11. The first kappa shape index (κ1) is 12.7. The van der Waals surface area contributed by atoms with Gasteiger partial charge in [0.15, 0.2) is 0 Å². The van der Waals surface area contributed by atoms with E-state index in [4.69, 9.17) is 9.15 Å². The van der Waals surface area contributed by atoms with Gasteiger partial charge in [-0.25, -0.2) is 4.79 Å². The van der Waals surface area contributed by atoms with Crippen LogP contribution in [0.2, 0.25) is 0 Å². The lowest BCUT2D eigenvalue weighted by molar-refractivity contribution is 0.290. The van der Waals surface area contributed by atoms with Gasteiger partial charge in [0.25, 0.3) is 0 Å². The normalized spacial score (nSPS) is 10.8. The van der Waals surface area contributed by atoms with Crippen LogP contribution in [0.25, 0.3) is 11.0 Å². The Hall–Kier alpha value is -1.77. The number of unbranched alkanes of at least 4 members (excludes halogenated alkanes) is 2. The van der Waals surface area contributed by atoms with Crippen LogP contribution in [0.1, 0.15) is 31.7 Å². The van der Waals surface area contributed by atoms with E-state index in [-0.39, 0.29) is 5.63 Å². The fraction of sp³-hybridized carbons (Fsp3) is 0.400. The second-order valence-corrected chi connectivity index (χ2v) is 4.40. The summed E-state index contributed by atoms with van der Waals surface area (Å²) in [5, 5.41) is 0.933. The van der Waals surface area contributed by atoms with Crippen LogP contribution in [0, 0.1) is 6.92 Å². The fourth-order valence-corrected chi connectivity index (χ4v) is 1.98. The average Bonchev–Trinajstić information content (AvgIpc) is 2.38. The highest BCUT2D eigenvalue weighted by Crippen LogP contribution is 2.23. The standard InChI is InChI=1S/C15H18O3/c1-3-4-7-10-17-14-11(2)12-8-5-6-9-13(12)18-15(14)16/h5-6,8-9H,3-4,7,10H2,1-2H3. The Morgan fingerprint density at radius 1 is 1.22 bits per heavy atom. The van der Waals surface area contributed by atoms with Gasteiger partial charge in [0.1, 0.15) is 5.58 Å². The number of hydrogen-bond donors (Lipinski definition) is 0. The van der Waals surface area contributed by atoms with E-state index >= 15 is 0 Å². The van der Waals surface area contributed by atoms with Crippen molar-refractivity contribution in [2.45, 2.75) is 33.1 Å². The number of para-hydroxylation sites is 1. The maximum atomic E-state index is 11.8. The maximum absolute atomic E-state index is 11.8. The molecule has 2 aromatic rings. The molecule has 1 aromatic carbocycles. The minimum absolute atomic E-state index is 0.352. The Balaban J connectivity index is 2.30. The Labute approximate surface area is 106 Å². The first-order valence-electron chi connectivity index (χ1n) is 6.39. The molecule has 0 aliphatic carbocycles. The number of fused-ring (bicyclic) bond motifs is 1. The van der Waals surface area contributed by atoms with Crippen molar-refractivity contribution < 1.29 is 9.15 Å². The molecule has 0 aliphatic heterocycles. The molecule has 1 aromatic heterocycles. The summed E-state index contributed by atoms with van der Waals surface area (Å²) in [5.74, 6) is 0.352. The molecular weight excluding hydrogens is 228 g/mol. The zero-order valence-corrected chi connectivity index (χ0v) is 10.9. The quantitative estimate of drug-likeness (QED) is 0.597. The van der Waals surface area contributed by atoms with E-state index in [2.05, 4.69) is 6.92 Å². The van der Waals surface area contributed by atoms with Crippen LogP contribution in [0.4, 0.5) is 0 Å². The van der Waals surface area contributed by atoms with Gasteiger partial charge in [-0.1, -0.05) is 38.0 Å². The summed E-state index contributed by atoms with van der Waals surface area (Å²) < 4.78 is 10.8. The molecule has 0 amide bonds. The van der Waals surface area contributed by atoms with E-state index in [0.29, 0.717) is 17.9 Å². The molecule has 0 saturated carbocycles. The van der Waals surface area contributed by atoms with Crippen molar-refractivity contribution in [3.05, 3.63) is 40.2 Å². The summed E-state index contributed by atoms with van der Waals surface area (Å²) in [6.07, 6.45) is 3.20. The van der Waals surface area contributed by atoms with E-state index in [1.165, 1.54) is 0 Å². The predicted octanol–water partition coefficient (Wildman–Crippen LogP) is 3.67. The zero-order valence-electron chi connectivity index (χ0n) is 10.9. The molecule has 0 aliphatic rings. The molecule has 0 saturated heterocycles. The van der Waals surface area contributed by atoms with Crippen LogP contribution in [0.5, 0.6) is 5.75 Å². The van der Waals surface area contributed by atoms with E-state index in [1.807, 2.05) is 25.1 Å². The molecule has 0 atom stereocenters. The van der Waals surface area contributed by atoms with Gasteiger partial charge in [0.2, 0.25) is 5.75 Å². The molecule has 2 rings (SSSR count). The number of benzene rings is 1. The van der Waals surface area contributed by atoms with E-state index in [9.17, 15) is 4.79 Å². The highest BCUT2D eigenvalue weighted by molar-refractivity contribution is 5.81. The smallest absolute Gasteiger partial charge is 0.379 e. The summed E-state index contributed by atoms with van der Waals surface area (Å²) >= 11 is 0. The van der Waals surface area contributed by atoms with Crippen LogP contribution in [-0.4, -0.2) is 6.61 Å². The van der Waals surface area contributed by atoms with Crippen molar-refractivity contribution in [2.24, 2.45) is 0 Å². The monoisotopic (exact) mass is 246 g/mol. The van der Waals surface area contributed by atoms with Crippen molar-refractivity contribution in [3.8, 4) is 5.75 Å². The Morgan fingerprint density at radius 2 is 2.00 bits per heavy atom. The summed E-state index contributed by atoms with van der Waals surface area (Å²) in [6.45, 7) is 4.60. The predicted molar refractivity (Wildman–Crippen MR) is 72.2 cm³/mol. The van der Waals surface area contributed by atoms with Gasteiger partial charge < -0.3 is 9.15 Å². The van der Waals surface area contributed by atoms with Crippen LogP contribution in [0.15, 0.2) is 33.5 Å². The Bertz CT molecular complexity index is 584. The summed E-state index contributed by atoms with van der Waals surface area (Å²) in [7, 11) is 0. The van der Waals surface area contributed by atoms with Crippen LogP contribution in [-0.2, 0) is 0 Å². The molecule has 0 spiro atoms. The molecule has 18 heavy (non-hydrogen) atoms. The average molecular weight is 246 g/mol.